The van der Waals surface area contributed by atoms with Crippen LogP contribution in [0.25, 0.3) is 0 Å². The summed E-state index contributed by atoms with van der Waals surface area (Å²) in [7, 11) is 0. The molecule has 2 aliphatic rings. The highest BCUT2D eigenvalue weighted by Gasteiger charge is 2.59. The van der Waals surface area contributed by atoms with E-state index in [1.807, 2.05) is 17.8 Å². The van der Waals surface area contributed by atoms with Crippen LogP contribution in [-0.4, -0.2) is 45.9 Å². The summed E-state index contributed by atoms with van der Waals surface area (Å²) < 4.78 is 7.26. The Morgan fingerprint density at radius 3 is 2.91 bits per heavy atom. The van der Waals surface area contributed by atoms with E-state index in [9.17, 15) is 4.79 Å². The molecule has 0 aromatic carbocycles. The van der Waals surface area contributed by atoms with E-state index in [0.29, 0.717) is 23.7 Å². The van der Waals surface area contributed by atoms with Gasteiger partial charge in [0.05, 0.1) is 29.8 Å². The summed E-state index contributed by atoms with van der Waals surface area (Å²) in [5.41, 5.74) is -0.305. The van der Waals surface area contributed by atoms with Crippen LogP contribution >= 0.6 is 11.6 Å². The van der Waals surface area contributed by atoms with Gasteiger partial charge in [0, 0.05) is 24.8 Å². The number of esters is 1. The molecule has 3 atom stereocenters. The van der Waals surface area contributed by atoms with E-state index in [0.717, 1.165) is 32.4 Å². The monoisotopic (exact) mass is 325 g/mol. The number of rotatable bonds is 6. The summed E-state index contributed by atoms with van der Waals surface area (Å²) in [4.78, 5) is 15.0. The molecule has 22 heavy (non-hydrogen) atoms. The fourth-order valence-corrected chi connectivity index (χ4v) is 4.50. The van der Waals surface area contributed by atoms with Crippen molar-refractivity contribution < 1.29 is 9.53 Å². The maximum Gasteiger partial charge on any atom is 0.313 e. The number of nitrogens with zero attached hydrogens (tertiary/aromatic N) is 3. The van der Waals surface area contributed by atoms with Crippen molar-refractivity contribution in [1.29, 1.82) is 0 Å². The zero-order chi connectivity index (χ0) is 15.7. The summed E-state index contributed by atoms with van der Waals surface area (Å²) >= 11 is 5.91. The molecule has 2 aliphatic heterocycles. The molecule has 0 unspecified atom stereocenters. The maximum absolute atomic E-state index is 12.5. The van der Waals surface area contributed by atoms with Gasteiger partial charge >= 0.3 is 5.97 Å². The Morgan fingerprint density at radius 1 is 1.45 bits per heavy atom. The SMILES string of the molecule is CCOC(=O)[C@@]1(CC)C[C@H]2CC[C@@H]1N2CCn1cc(Cl)cn1. The quantitative estimate of drug-likeness (QED) is 0.755. The molecule has 1 aromatic rings. The number of halogens is 1. The van der Waals surface area contributed by atoms with Gasteiger partial charge in [0.25, 0.3) is 0 Å². The third-order valence-corrected chi connectivity index (χ3v) is 5.58. The zero-order valence-electron chi connectivity index (χ0n) is 13.3. The predicted molar refractivity (Wildman–Crippen MR) is 84.7 cm³/mol. The standard InChI is InChI=1S/C16H24ClN3O2/c1-3-16(15(21)22-4-2)9-13-5-6-14(16)20(13)8-7-19-11-12(17)10-18-19/h10-11,13-14H,3-9H2,1-2H3/t13-,14+,16+/m1/s1. The second-order valence-corrected chi connectivity index (χ2v) is 6.78. The van der Waals surface area contributed by atoms with Crippen molar-refractivity contribution in [2.75, 3.05) is 13.2 Å². The minimum absolute atomic E-state index is 0.00293. The molecular weight excluding hydrogens is 302 g/mol. The highest BCUT2D eigenvalue weighted by atomic mass is 35.5. The first-order valence-corrected chi connectivity index (χ1v) is 8.59. The second-order valence-electron chi connectivity index (χ2n) is 6.34. The normalized spacial score (nSPS) is 30.9. The summed E-state index contributed by atoms with van der Waals surface area (Å²) in [5.74, 6) is -0.00293. The average molecular weight is 326 g/mol. The molecular formula is C16H24ClN3O2. The van der Waals surface area contributed by atoms with Crippen LogP contribution < -0.4 is 0 Å². The number of carbonyl (C=O) groups is 1. The van der Waals surface area contributed by atoms with Crippen molar-refractivity contribution in [3.8, 4) is 0 Å². The van der Waals surface area contributed by atoms with E-state index in [2.05, 4.69) is 16.9 Å². The zero-order valence-corrected chi connectivity index (χ0v) is 14.1. The molecule has 5 nitrogen and oxygen atoms in total. The number of ether oxygens (including phenoxy) is 1. The molecule has 0 spiro atoms. The Balaban J connectivity index is 1.70. The van der Waals surface area contributed by atoms with Gasteiger partial charge in [0.1, 0.15) is 0 Å². The molecule has 0 radical (unpaired) electrons. The molecule has 0 N–H and O–H groups in total. The second kappa shape index (κ2) is 6.20. The average Bonchev–Trinajstić information content (AvgIpc) is 3.18. The first-order chi connectivity index (χ1) is 10.6. The lowest BCUT2D eigenvalue weighted by molar-refractivity contribution is -0.157. The van der Waals surface area contributed by atoms with Gasteiger partial charge in [-0.2, -0.15) is 5.10 Å². The van der Waals surface area contributed by atoms with E-state index >= 15 is 0 Å². The van der Waals surface area contributed by atoms with Gasteiger partial charge in [-0.25, -0.2) is 0 Å². The topological polar surface area (TPSA) is 47.4 Å². The van der Waals surface area contributed by atoms with Crippen LogP contribution in [0, 0.1) is 5.41 Å². The predicted octanol–water partition coefficient (Wildman–Crippen LogP) is 2.73. The lowest BCUT2D eigenvalue weighted by atomic mass is 9.72. The minimum Gasteiger partial charge on any atom is -0.466 e. The molecule has 2 fully saturated rings. The molecule has 3 rings (SSSR count). The van der Waals surface area contributed by atoms with Crippen molar-refractivity contribution in [3.63, 3.8) is 0 Å². The van der Waals surface area contributed by atoms with E-state index < -0.39 is 0 Å². The van der Waals surface area contributed by atoms with Crippen LogP contribution in [0.3, 0.4) is 0 Å². The molecule has 0 amide bonds. The third kappa shape index (κ3) is 2.54. The highest BCUT2D eigenvalue weighted by molar-refractivity contribution is 6.30. The highest BCUT2D eigenvalue weighted by Crippen LogP contribution is 2.52. The minimum atomic E-state index is -0.305. The molecule has 2 bridgehead atoms. The molecule has 2 saturated heterocycles. The lowest BCUT2D eigenvalue weighted by Gasteiger charge is -2.34. The smallest absolute Gasteiger partial charge is 0.313 e. The van der Waals surface area contributed by atoms with Gasteiger partial charge in [0.15, 0.2) is 0 Å². The first kappa shape index (κ1) is 15.8. The summed E-state index contributed by atoms with van der Waals surface area (Å²) in [6, 6.07) is 0.813. The van der Waals surface area contributed by atoms with Crippen LogP contribution in [0.2, 0.25) is 5.02 Å². The number of fused-ring (bicyclic) bond motifs is 2. The van der Waals surface area contributed by atoms with Crippen LogP contribution in [0.4, 0.5) is 0 Å². The van der Waals surface area contributed by atoms with Gasteiger partial charge in [-0.1, -0.05) is 18.5 Å². The third-order valence-electron chi connectivity index (χ3n) is 5.38. The van der Waals surface area contributed by atoms with E-state index in [1.165, 1.54) is 6.42 Å². The largest absolute Gasteiger partial charge is 0.466 e. The Hall–Kier alpha value is -1.07. The van der Waals surface area contributed by atoms with Gasteiger partial charge in [0.2, 0.25) is 0 Å². The van der Waals surface area contributed by atoms with Gasteiger partial charge in [-0.05, 0) is 32.6 Å². The van der Waals surface area contributed by atoms with E-state index in [-0.39, 0.29) is 11.4 Å². The molecule has 3 heterocycles. The number of aromatic nitrogens is 2. The van der Waals surface area contributed by atoms with Crippen molar-refractivity contribution >= 4 is 17.6 Å². The Morgan fingerprint density at radius 2 is 2.27 bits per heavy atom. The summed E-state index contributed by atoms with van der Waals surface area (Å²) in [6.07, 6.45) is 7.58. The molecule has 0 aliphatic carbocycles. The molecule has 6 heteroatoms. The van der Waals surface area contributed by atoms with Gasteiger partial charge in [-0.15, -0.1) is 0 Å². The fourth-order valence-electron chi connectivity index (χ4n) is 4.34. The molecule has 122 valence electrons. The summed E-state index contributed by atoms with van der Waals surface area (Å²) in [5, 5.41) is 4.90. The van der Waals surface area contributed by atoms with Crippen LogP contribution in [0.5, 0.6) is 0 Å². The van der Waals surface area contributed by atoms with Gasteiger partial charge < -0.3 is 4.74 Å². The van der Waals surface area contributed by atoms with E-state index in [4.69, 9.17) is 16.3 Å². The number of carbonyl (C=O) groups excluding carboxylic acids is 1. The van der Waals surface area contributed by atoms with Crippen molar-refractivity contribution in [2.24, 2.45) is 5.41 Å². The molecule has 1 aromatic heterocycles. The van der Waals surface area contributed by atoms with Gasteiger partial charge in [-0.3, -0.25) is 14.4 Å². The lowest BCUT2D eigenvalue weighted by Crippen LogP contribution is -2.44. The first-order valence-electron chi connectivity index (χ1n) is 8.21. The Labute approximate surface area is 136 Å². The molecule has 0 saturated carbocycles. The van der Waals surface area contributed by atoms with Crippen LogP contribution in [-0.2, 0) is 16.1 Å². The van der Waals surface area contributed by atoms with Crippen molar-refractivity contribution in [3.05, 3.63) is 17.4 Å². The fraction of sp³-hybridized carbons (Fsp3) is 0.750. The maximum atomic E-state index is 12.5. The van der Waals surface area contributed by atoms with Crippen LogP contribution in [0.15, 0.2) is 12.4 Å². The van der Waals surface area contributed by atoms with Crippen LogP contribution in [0.1, 0.15) is 39.5 Å². The summed E-state index contributed by atoms with van der Waals surface area (Å²) in [6.45, 7) is 6.18. The van der Waals surface area contributed by atoms with Crippen molar-refractivity contribution in [2.45, 2.75) is 58.2 Å². The van der Waals surface area contributed by atoms with Crippen molar-refractivity contribution in [1.82, 2.24) is 14.7 Å². The Kier molecular flexibility index (Phi) is 4.46. The Bertz CT molecular complexity index is 547. The number of hydrogen-bond acceptors (Lipinski definition) is 4. The van der Waals surface area contributed by atoms with E-state index in [1.54, 1.807) is 6.20 Å². The number of hydrogen-bond donors (Lipinski definition) is 0.